The third kappa shape index (κ3) is 3.67. The minimum absolute atomic E-state index is 0.343. The Labute approximate surface area is 91.8 Å². The first-order valence-electron chi connectivity index (χ1n) is 4.21. The third-order valence-electron chi connectivity index (χ3n) is 1.63. The van der Waals surface area contributed by atoms with E-state index in [4.69, 9.17) is 0 Å². The van der Waals surface area contributed by atoms with E-state index in [2.05, 4.69) is 45.5 Å². The summed E-state index contributed by atoms with van der Waals surface area (Å²) in [5, 5.41) is 0. The van der Waals surface area contributed by atoms with Crippen molar-refractivity contribution in [3.05, 3.63) is 28.5 Å². The van der Waals surface area contributed by atoms with Crippen LogP contribution in [0, 0.1) is 0 Å². The number of nitrogens with zero attached hydrogens (tertiary/aromatic N) is 1. The maximum atomic E-state index is 4.12. The van der Waals surface area contributed by atoms with Gasteiger partial charge in [-0.3, -0.25) is 9.71 Å². The molecule has 1 rings (SSSR count). The van der Waals surface area contributed by atoms with Gasteiger partial charge < -0.3 is 0 Å². The van der Waals surface area contributed by atoms with Gasteiger partial charge >= 0.3 is 0 Å². The lowest BCUT2D eigenvalue weighted by Gasteiger charge is -2.12. The molecule has 1 aromatic rings. The first-order valence-corrected chi connectivity index (χ1v) is 5.99. The predicted molar refractivity (Wildman–Crippen MR) is 61.6 cm³/mol. The Balaban J connectivity index is 2.60. The van der Waals surface area contributed by atoms with Crippen LogP contribution in [0.5, 0.6) is 0 Å². The quantitative estimate of drug-likeness (QED) is 0.843. The summed E-state index contributed by atoms with van der Waals surface area (Å²) >= 11 is 5.13. The minimum atomic E-state index is 0.343. The lowest BCUT2D eigenvalue weighted by atomic mass is 10.2. The van der Waals surface area contributed by atoms with E-state index in [1.54, 1.807) is 18.1 Å². The zero-order chi connectivity index (χ0) is 9.68. The Kier molecular flexibility index (Phi) is 4.77. The molecular weight excluding hydrogens is 248 g/mol. The summed E-state index contributed by atoms with van der Waals surface area (Å²) in [4.78, 5) is 4.12. The summed E-state index contributed by atoms with van der Waals surface area (Å²) < 4.78 is 4.36. The molecule has 0 aliphatic carbocycles. The minimum Gasteiger partial charge on any atom is -0.263 e. The highest BCUT2D eigenvalue weighted by molar-refractivity contribution is 9.10. The van der Waals surface area contributed by atoms with Gasteiger partial charge in [0.05, 0.1) is 0 Å². The van der Waals surface area contributed by atoms with Crippen LogP contribution in [0.25, 0.3) is 0 Å². The molecule has 1 aromatic heterocycles. The van der Waals surface area contributed by atoms with Crippen molar-refractivity contribution in [1.29, 1.82) is 0 Å². The molecule has 1 heterocycles. The summed E-state index contributed by atoms with van der Waals surface area (Å²) in [7, 11) is 0. The predicted octanol–water partition coefficient (Wildman–Crippen LogP) is 3.16. The van der Waals surface area contributed by atoms with Crippen LogP contribution in [0.4, 0.5) is 0 Å². The first-order chi connectivity index (χ1) is 6.24. The van der Waals surface area contributed by atoms with Crippen LogP contribution in [0.2, 0.25) is 0 Å². The van der Waals surface area contributed by atoms with Crippen LogP contribution >= 0.6 is 27.9 Å². The molecule has 2 nitrogen and oxygen atoms in total. The molecule has 0 aliphatic rings. The zero-order valence-corrected chi connectivity index (χ0v) is 10.2. The van der Waals surface area contributed by atoms with Gasteiger partial charge in [-0.1, -0.05) is 18.9 Å². The Morgan fingerprint density at radius 2 is 2.38 bits per heavy atom. The summed E-state index contributed by atoms with van der Waals surface area (Å²) in [6, 6.07) is 2.43. The number of halogens is 1. The standard InChI is InChI=1S/C9H13BrN2S/c1-3-13-12-7(2)8-4-9(10)6-11-5-8/h4-7,12H,3H2,1-2H3/t7-/m1/s1. The van der Waals surface area contributed by atoms with E-state index >= 15 is 0 Å². The van der Waals surface area contributed by atoms with Crippen molar-refractivity contribution in [2.24, 2.45) is 0 Å². The molecule has 0 aromatic carbocycles. The van der Waals surface area contributed by atoms with E-state index in [-0.39, 0.29) is 0 Å². The fraction of sp³-hybridized carbons (Fsp3) is 0.444. The van der Waals surface area contributed by atoms with Gasteiger partial charge in [0.15, 0.2) is 0 Å². The highest BCUT2D eigenvalue weighted by Gasteiger charge is 2.04. The van der Waals surface area contributed by atoms with Crippen molar-refractivity contribution in [2.75, 3.05) is 5.75 Å². The fourth-order valence-corrected chi connectivity index (χ4v) is 1.88. The number of pyridine rings is 1. The largest absolute Gasteiger partial charge is 0.263 e. The fourth-order valence-electron chi connectivity index (χ4n) is 0.941. The van der Waals surface area contributed by atoms with Gasteiger partial charge in [-0.05, 0) is 34.5 Å². The number of aromatic nitrogens is 1. The number of nitrogens with one attached hydrogen (secondary N) is 1. The Morgan fingerprint density at radius 1 is 1.62 bits per heavy atom. The van der Waals surface area contributed by atoms with Crippen molar-refractivity contribution in [3.63, 3.8) is 0 Å². The molecule has 0 saturated carbocycles. The van der Waals surface area contributed by atoms with Gasteiger partial charge in [-0.15, -0.1) is 0 Å². The van der Waals surface area contributed by atoms with Crippen LogP contribution < -0.4 is 4.72 Å². The summed E-state index contributed by atoms with van der Waals surface area (Å²) in [6.07, 6.45) is 3.68. The molecule has 0 radical (unpaired) electrons. The van der Waals surface area contributed by atoms with E-state index in [1.165, 1.54) is 5.56 Å². The van der Waals surface area contributed by atoms with Crippen LogP contribution in [0.3, 0.4) is 0 Å². The molecule has 0 unspecified atom stereocenters. The molecule has 0 spiro atoms. The molecule has 1 atom stereocenters. The van der Waals surface area contributed by atoms with E-state index < -0.39 is 0 Å². The average Bonchev–Trinajstić information content (AvgIpc) is 2.14. The van der Waals surface area contributed by atoms with Crippen molar-refractivity contribution >= 4 is 27.9 Å². The van der Waals surface area contributed by atoms with Gasteiger partial charge in [-0.25, -0.2) is 0 Å². The van der Waals surface area contributed by atoms with Gasteiger partial charge in [-0.2, -0.15) is 0 Å². The second-order valence-corrected chi connectivity index (χ2v) is 4.73. The first kappa shape index (κ1) is 11.0. The monoisotopic (exact) mass is 260 g/mol. The molecular formula is C9H13BrN2S. The number of rotatable bonds is 4. The topological polar surface area (TPSA) is 24.9 Å². The molecule has 0 amide bonds. The van der Waals surface area contributed by atoms with E-state index in [9.17, 15) is 0 Å². The zero-order valence-electron chi connectivity index (χ0n) is 7.75. The molecule has 4 heteroatoms. The van der Waals surface area contributed by atoms with Crippen molar-refractivity contribution in [1.82, 2.24) is 9.71 Å². The van der Waals surface area contributed by atoms with Crippen molar-refractivity contribution in [2.45, 2.75) is 19.9 Å². The van der Waals surface area contributed by atoms with Gasteiger partial charge in [0.2, 0.25) is 0 Å². The Bertz CT molecular complexity index is 268. The van der Waals surface area contributed by atoms with Gasteiger partial charge in [0, 0.05) is 28.7 Å². The SMILES string of the molecule is CCSN[C@H](C)c1cncc(Br)c1. The molecule has 13 heavy (non-hydrogen) atoms. The maximum Gasteiger partial charge on any atom is 0.0410 e. The smallest absolute Gasteiger partial charge is 0.0410 e. The van der Waals surface area contributed by atoms with E-state index in [0.717, 1.165) is 10.2 Å². The Hall–Kier alpha value is -0.0600. The molecule has 1 N–H and O–H groups in total. The summed E-state index contributed by atoms with van der Waals surface area (Å²) in [6.45, 7) is 4.26. The molecule has 0 saturated heterocycles. The van der Waals surface area contributed by atoms with Crippen molar-refractivity contribution in [3.8, 4) is 0 Å². The van der Waals surface area contributed by atoms with Crippen LogP contribution in [-0.4, -0.2) is 10.7 Å². The lowest BCUT2D eigenvalue weighted by Crippen LogP contribution is -2.10. The van der Waals surface area contributed by atoms with Gasteiger partial charge in [0.1, 0.15) is 0 Å². The Morgan fingerprint density at radius 3 is 3.00 bits per heavy atom. The van der Waals surface area contributed by atoms with Gasteiger partial charge in [0.25, 0.3) is 0 Å². The normalized spacial score (nSPS) is 12.8. The summed E-state index contributed by atoms with van der Waals surface area (Å²) in [5.41, 5.74) is 1.20. The highest BCUT2D eigenvalue weighted by Crippen LogP contribution is 2.17. The second-order valence-electron chi connectivity index (χ2n) is 2.71. The molecule has 0 aliphatic heterocycles. The maximum absolute atomic E-state index is 4.12. The molecule has 0 bridgehead atoms. The second kappa shape index (κ2) is 5.62. The average molecular weight is 261 g/mol. The van der Waals surface area contributed by atoms with Crippen LogP contribution in [0.1, 0.15) is 25.5 Å². The number of hydrogen-bond donors (Lipinski definition) is 1. The van der Waals surface area contributed by atoms with Crippen LogP contribution in [-0.2, 0) is 0 Å². The number of hydrogen-bond acceptors (Lipinski definition) is 3. The molecule has 0 fully saturated rings. The lowest BCUT2D eigenvalue weighted by molar-refractivity contribution is 0.749. The van der Waals surface area contributed by atoms with Crippen molar-refractivity contribution < 1.29 is 0 Å². The highest BCUT2D eigenvalue weighted by atomic mass is 79.9. The third-order valence-corrected chi connectivity index (χ3v) is 2.87. The van der Waals surface area contributed by atoms with E-state index in [0.29, 0.717) is 6.04 Å². The molecule has 72 valence electrons. The summed E-state index contributed by atoms with van der Waals surface area (Å²) in [5.74, 6) is 1.08. The van der Waals surface area contributed by atoms with E-state index in [1.807, 2.05) is 6.20 Å². The van der Waals surface area contributed by atoms with Crippen LogP contribution in [0.15, 0.2) is 22.9 Å².